The third-order valence-corrected chi connectivity index (χ3v) is 4.89. The highest BCUT2D eigenvalue weighted by Gasteiger charge is 2.18. The van der Waals surface area contributed by atoms with Gasteiger partial charge in [0, 0.05) is 48.5 Å². The van der Waals surface area contributed by atoms with Gasteiger partial charge in [-0.2, -0.15) is 0 Å². The van der Waals surface area contributed by atoms with Crippen molar-refractivity contribution >= 4 is 40.9 Å². The topological polar surface area (TPSA) is 35.6 Å². The average molecular weight is 404 g/mol. The van der Waals surface area contributed by atoms with E-state index in [1.54, 1.807) is 18.2 Å². The molecule has 142 valence electrons. The molecule has 0 spiro atoms. The van der Waals surface area contributed by atoms with Crippen molar-refractivity contribution in [2.45, 2.75) is 0 Å². The van der Waals surface area contributed by atoms with Gasteiger partial charge in [-0.25, -0.2) is 0 Å². The van der Waals surface area contributed by atoms with Gasteiger partial charge in [0.15, 0.2) is 0 Å². The first-order chi connectivity index (χ1) is 13.1. The fraction of sp³-hybridized carbons (Fsp3) is 0.286. The summed E-state index contributed by atoms with van der Waals surface area (Å²) in [6, 6.07) is 15.3. The van der Waals surface area contributed by atoms with Crippen LogP contribution in [0.4, 0.5) is 5.69 Å². The summed E-state index contributed by atoms with van der Waals surface area (Å²) in [5.41, 5.74) is 1.84. The second kappa shape index (κ2) is 9.90. The molecule has 2 aromatic carbocycles. The second-order valence-electron chi connectivity index (χ2n) is 6.60. The number of carbonyl (C=O) groups excluding carboxylic acids is 1. The molecule has 4 nitrogen and oxygen atoms in total. The number of rotatable bonds is 6. The van der Waals surface area contributed by atoms with Gasteiger partial charge < -0.3 is 5.32 Å². The molecule has 3 rings (SSSR count). The minimum absolute atomic E-state index is 0.0502. The number of nitrogens with one attached hydrogen (secondary N) is 1. The van der Waals surface area contributed by atoms with Crippen LogP contribution in [0.15, 0.2) is 54.6 Å². The van der Waals surface area contributed by atoms with Crippen LogP contribution in [0.3, 0.4) is 0 Å². The maximum Gasteiger partial charge on any atom is 0.238 e. The van der Waals surface area contributed by atoms with Crippen LogP contribution in [0.25, 0.3) is 6.08 Å². The summed E-state index contributed by atoms with van der Waals surface area (Å²) in [5, 5.41) is 3.88. The van der Waals surface area contributed by atoms with Gasteiger partial charge in [0.1, 0.15) is 0 Å². The molecule has 0 aliphatic carbocycles. The standard InChI is InChI=1S/C21H23Cl2N3O/c22-18-13-19(23)15-20(14-18)24-21(27)16-26-11-9-25(10-12-26)8-4-7-17-5-2-1-3-6-17/h1-7,13-15H,8-12,16H2,(H,24,27)/b7-4+. The zero-order valence-corrected chi connectivity index (χ0v) is 16.6. The Labute approximate surface area is 170 Å². The molecule has 0 saturated carbocycles. The van der Waals surface area contributed by atoms with Crippen molar-refractivity contribution in [1.29, 1.82) is 0 Å². The summed E-state index contributed by atoms with van der Waals surface area (Å²) in [4.78, 5) is 16.8. The van der Waals surface area contributed by atoms with Gasteiger partial charge in [0.25, 0.3) is 0 Å². The molecule has 1 aliphatic rings. The monoisotopic (exact) mass is 403 g/mol. The van der Waals surface area contributed by atoms with Crippen molar-refractivity contribution in [3.8, 4) is 0 Å². The largest absolute Gasteiger partial charge is 0.325 e. The molecule has 1 aliphatic heterocycles. The highest BCUT2D eigenvalue weighted by molar-refractivity contribution is 6.35. The van der Waals surface area contributed by atoms with Crippen LogP contribution in [0.1, 0.15) is 5.56 Å². The van der Waals surface area contributed by atoms with Crippen molar-refractivity contribution in [3.63, 3.8) is 0 Å². The minimum Gasteiger partial charge on any atom is -0.325 e. The van der Waals surface area contributed by atoms with Gasteiger partial charge in [-0.15, -0.1) is 0 Å². The predicted molar refractivity (Wildman–Crippen MR) is 113 cm³/mol. The third-order valence-electron chi connectivity index (χ3n) is 4.45. The number of anilines is 1. The maximum atomic E-state index is 12.2. The van der Waals surface area contributed by atoms with E-state index in [9.17, 15) is 4.79 Å². The van der Waals surface area contributed by atoms with Crippen molar-refractivity contribution in [3.05, 3.63) is 70.2 Å². The summed E-state index contributed by atoms with van der Waals surface area (Å²) in [6.07, 6.45) is 4.34. The third kappa shape index (κ3) is 6.67. The van der Waals surface area contributed by atoms with Crippen LogP contribution in [-0.2, 0) is 4.79 Å². The quantitative estimate of drug-likeness (QED) is 0.782. The van der Waals surface area contributed by atoms with E-state index in [0.29, 0.717) is 22.3 Å². The molecule has 0 unspecified atom stereocenters. The number of piperazine rings is 1. The Morgan fingerprint density at radius 1 is 0.963 bits per heavy atom. The van der Waals surface area contributed by atoms with Gasteiger partial charge >= 0.3 is 0 Å². The van der Waals surface area contributed by atoms with E-state index in [1.165, 1.54) is 5.56 Å². The van der Waals surface area contributed by atoms with E-state index in [4.69, 9.17) is 23.2 Å². The Morgan fingerprint density at radius 3 is 2.26 bits per heavy atom. The Hall–Kier alpha value is -1.85. The van der Waals surface area contributed by atoms with Gasteiger partial charge in [0.2, 0.25) is 5.91 Å². The van der Waals surface area contributed by atoms with Gasteiger partial charge in [0.05, 0.1) is 6.54 Å². The van der Waals surface area contributed by atoms with Crippen LogP contribution in [0, 0.1) is 0 Å². The Morgan fingerprint density at radius 2 is 1.59 bits per heavy atom. The molecule has 1 heterocycles. The molecular formula is C21H23Cl2N3O. The smallest absolute Gasteiger partial charge is 0.238 e. The van der Waals surface area contributed by atoms with E-state index >= 15 is 0 Å². The van der Waals surface area contributed by atoms with E-state index < -0.39 is 0 Å². The molecule has 1 saturated heterocycles. The highest BCUT2D eigenvalue weighted by Crippen LogP contribution is 2.22. The molecule has 1 fully saturated rings. The van der Waals surface area contributed by atoms with Crippen molar-refractivity contribution in [2.24, 2.45) is 0 Å². The molecule has 1 amide bonds. The average Bonchev–Trinajstić information content (AvgIpc) is 2.63. The fourth-order valence-electron chi connectivity index (χ4n) is 3.06. The van der Waals surface area contributed by atoms with Crippen LogP contribution < -0.4 is 5.32 Å². The lowest BCUT2D eigenvalue weighted by atomic mass is 10.2. The molecule has 0 radical (unpaired) electrons. The Bertz CT molecular complexity index is 767. The number of halogens is 2. The van der Waals surface area contributed by atoms with Crippen molar-refractivity contribution in [2.75, 3.05) is 44.6 Å². The van der Waals surface area contributed by atoms with Crippen LogP contribution in [0.2, 0.25) is 10.0 Å². The number of hydrogen-bond donors (Lipinski definition) is 1. The molecule has 0 bridgehead atoms. The Balaban J connectivity index is 1.40. The first-order valence-corrected chi connectivity index (χ1v) is 9.76. The van der Waals surface area contributed by atoms with Gasteiger partial charge in [-0.1, -0.05) is 65.7 Å². The zero-order valence-electron chi connectivity index (χ0n) is 15.1. The summed E-state index contributed by atoms with van der Waals surface area (Å²) in [6.45, 7) is 4.96. The minimum atomic E-state index is -0.0502. The number of carbonyl (C=O) groups is 1. The molecule has 27 heavy (non-hydrogen) atoms. The summed E-state index contributed by atoms with van der Waals surface area (Å²) in [7, 11) is 0. The lowest BCUT2D eigenvalue weighted by Crippen LogP contribution is -2.48. The number of amides is 1. The zero-order chi connectivity index (χ0) is 19.1. The summed E-state index contributed by atoms with van der Waals surface area (Å²) < 4.78 is 0. The van der Waals surface area contributed by atoms with Crippen molar-refractivity contribution < 1.29 is 4.79 Å². The van der Waals surface area contributed by atoms with E-state index in [-0.39, 0.29) is 5.91 Å². The number of hydrogen-bond acceptors (Lipinski definition) is 3. The summed E-state index contributed by atoms with van der Waals surface area (Å²) in [5.74, 6) is -0.0502. The lowest BCUT2D eigenvalue weighted by molar-refractivity contribution is -0.117. The van der Waals surface area contributed by atoms with E-state index in [1.807, 2.05) is 18.2 Å². The lowest BCUT2D eigenvalue weighted by Gasteiger charge is -2.33. The van der Waals surface area contributed by atoms with E-state index in [2.05, 4.69) is 39.4 Å². The normalized spacial score (nSPS) is 15.9. The van der Waals surface area contributed by atoms with Gasteiger partial charge in [-0.3, -0.25) is 14.6 Å². The fourth-order valence-corrected chi connectivity index (χ4v) is 3.59. The first-order valence-electron chi connectivity index (χ1n) is 9.01. The van der Waals surface area contributed by atoms with Gasteiger partial charge in [-0.05, 0) is 23.8 Å². The maximum absolute atomic E-state index is 12.2. The predicted octanol–water partition coefficient (Wildman–Crippen LogP) is 4.26. The molecule has 1 N–H and O–H groups in total. The first kappa shape index (κ1) is 19.9. The molecule has 0 atom stereocenters. The van der Waals surface area contributed by atoms with Crippen molar-refractivity contribution in [1.82, 2.24) is 9.80 Å². The molecule has 2 aromatic rings. The van der Waals surface area contributed by atoms with Crippen LogP contribution >= 0.6 is 23.2 Å². The summed E-state index contributed by atoms with van der Waals surface area (Å²) >= 11 is 11.9. The number of nitrogens with zero attached hydrogens (tertiary/aromatic N) is 2. The SMILES string of the molecule is O=C(CN1CCN(C/C=C/c2ccccc2)CC1)Nc1cc(Cl)cc(Cl)c1. The molecule has 0 aromatic heterocycles. The van der Waals surface area contributed by atoms with E-state index in [0.717, 1.165) is 32.7 Å². The Kier molecular flexibility index (Phi) is 7.30. The highest BCUT2D eigenvalue weighted by atomic mass is 35.5. The number of benzene rings is 2. The second-order valence-corrected chi connectivity index (χ2v) is 7.47. The van der Waals surface area contributed by atoms with Crippen LogP contribution in [0.5, 0.6) is 0 Å². The molecular weight excluding hydrogens is 381 g/mol. The van der Waals surface area contributed by atoms with Crippen LogP contribution in [-0.4, -0.2) is 55.0 Å². The molecule has 6 heteroatoms.